The Kier molecular flexibility index (Phi) is 7.73. The van der Waals surface area contributed by atoms with Gasteiger partial charge in [0.15, 0.2) is 0 Å². The molecule has 1 amide bonds. The zero-order valence-electron chi connectivity index (χ0n) is 23.3. The standard InChI is InChI=1S/C32H23Cl2F3N4O3/c1-43-19-5-9-25-23(15-19)29(21-7-3-17(33)13-27(21)39-25)38-11-12-41(31(42)32(35,36)37)30-22-8-4-18(34)14-28(22)40-26-10-6-20(44-2)16-24(26)30/h3-10,13-16H,11-12H2,1-2H3,(H,38,39). The molecule has 0 aliphatic carbocycles. The van der Waals surface area contributed by atoms with Crippen LogP contribution >= 0.6 is 23.2 Å². The third-order valence-corrected chi connectivity index (χ3v) is 7.72. The summed E-state index contributed by atoms with van der Waals surface area (Å²) in [6, 6.07) is 20.0. The minimum atomic E-state index is -5.16. The SMILES string of the molecule is COc1ccc2nc3cc(Cl)ccc3c(NCCN(C(=O)C(F)(F)F)c3c4ccc(Cl)cc4nc4ccc(OC)cc34)c2c1. The topological polar surface area (TPSA) is 76.6 Å². The molecule has 12 heteroatoms. The second kappa shape index (κ2) is 11.5. The zero-order valence-corrected chi connectivity index (χ0v) is 24.8. The van der Waals surface area contributed by atoms with Crippen molar-refractivity contribution in [2.45, 2.75) is 6.18 Å². The highest BCUT2D eigenvalue weighted by atomic mass is 35.5. The summed E-state index contributed by atoms with van der Waals surface area (Å²) in [4.78, 5) is 23.1. The van der Waals surface area contributed by atoms with Crippen LogP contribution in [0.15, 0.2) is 72.8 Å². The summed E-state index contributed by atoms with van der Waals surface area (Å²) in [6.07, 6.45) is -5.16. The number of nitrogens with zero attached hydrogens (tertiary/aromatic N) is 3. The number of ether oxygens (including phenoxy) is 2. The number of hydrogen-bond donors (Lipinski definition) is 1. The van der Waals surface area contributed by atoms with Gasteiger partial charge in [0.1, 0.15) is 11.5 Å². The number of carbonyl (C=O) groups excluding carboxylic acids is 1. The molecule has 7 nitrogen and oxygen atoms in total. The number of rotatable bonds is 7. The molecule has 2 heterocycles. The Bertz CT molecular complexity index is 2090. The van der Waals surface area contributed by atoms with E-state index in [2.05, 4.69) is 10.3 Å². The maximum Gasteiger partial charge on any atom is 0.471 e. The lowest BCUT2D eigenvalue weighted by molar-refractivity contribution is -0.170. The lowest BCUT2D eigenvalue weighted by atomic mass is 10.1. The molecule has 0 atom stereocenters. The van der Waals surface area contributed by atoms with Gasteiger partial charge in [-0.25, -0.2) is 9.97 Å². The molecule has 0 radical (unpaired) electrons. The van der Waals surface area contributed by atoms with E-state index in [-0.39, 0.29) is 18.8 Å². The molecule has 1 N–H and O–H groups in total. The van der Waals surface area contributed by atoms with Crippen LogP contribution in [0.2, 0.25) is 10.0 Å². The largest absolute Gasteiger partial charge is 0.497 e. The van der Waals surface area contributed by atoms with Crippen LogP contribution in [0.4, 0.5) is 24.5 Å². The predicted molar refractivity (Wildman–Crippen MR) is 169 cm³/mol. The number of carbonyl (C=O) groups is 1. The van der Waals surface area contributed by atoms with Gasteiger partial charge < -0.3 is 19.7 Å². The third-order valence-electron chi connectivity index (χ3n) is 7.25. The summed E-state index contributed by atoms with van der Waals surface area (Å²) in [7, 11) is 2.98. The Morgan fingerprint density at radius 1 is 0.750 bits per heavy atom. The van der Waals surface area contributed by atoms with Crippen LogP contribution in [0.5, 0.6) is 11.5 Å². The van der Waals surface area contributed by atoms with Crippen LogP contribution < -0.4 is 19.7 Å². The highest BCUT2D eigenvalue weighted by Gasteiger charge is 2.43. The molecule has 0 spiro atoms. The number of anilines is 2. The Morgan fingerprint density at radius 3 is 1.89 bits per heavy atom. The molecule has 2 aromatic heterocycles. The van der Waals surface area contributed by atoms with Crippen molar-refractivity contribution in [1.82, 2.24) is 9.97 Å². The van der Waals surface area contributed by atoms with Gasteiger partial charge in [0.2, 0.25) is 0 Å². The second-order valence-electron chi connectivity index (χ2n) is 9.92. The van der Waals surface area contributed by atoms with Gasteiger partial charge in [-0.1, -0.05) is 23.2 Å². The Labute approximate surface area is 259 Å². The van der Waals surface area contributed by atoms with E-state index in [0.717, 1.165) is 4.90 Å². The lowest BCUT2D eigenvalue weighted by Gasteiger charge is -2.27. The average molecular weight is 639 g/mol. The first kappa shape index (κ1) is 29.5. The lowest BCUT2D eigenvalue weighted by Crippen LogP contribution is -2.43. The monoisotopic (exact) mass is 638 g/mol. The quantitative estimate of drug-likeness (QED) is 0.177. The van der Waals surface area contributed by atoms with Gasteiger partial charge >= 0.3 is 12.1 Å². The smallest absolute Gasteiger partial charge is 0.471 e. The molecule has 0 aliphatic heterocycles. The summed E-state index contributed by atoms with van der Waals surface area (Å²) < 4.78 is 53.3. The first-order valence-corrected chi connectivity index (χ1v) is 14.1. The molecule has 0 unspecified atom stereocenters. The number of amides is 1. The molecule has 6 rings (SSSR count). The van der Waals surface area contributed by atoms with Crippen molar-refractivity contribution in [3.8, 4) is 11.5 Å². The number of fused-ring (bicyclic) bond motifs is 4. The minimum absolute atomic E-state index is 0.0441. The predicted octanol–water partition coefficient (Wildman–Crippen LogP) is 8.42. The summed E-state index contributed by atoms with van der Waals surface area (Å²) in [6.45, 7) is -0.409. The van der Waals surface area contributed by atoms with Gasteiger partial charge in [-0.3, -0.25) is 4.79 Å². The molecule has 6 aromatic rings. The molecule has 0 saturated heterocycles. The first-order valence-electron chi connectivity index (χ1n) is 13.3. The van der Waals surface area contributed by atoms with E-state index in [1.54, 1.807) is 72.8 Å². The molecular weight excluding hydrogens is 616 g/mol. The van der Waals surface area contributed by atoms with Crippen LogP contribution in [-0.4, -0.2) is 49.4 Å². The Hall–Kier alpha value is -4.54. The number of pyridine rings is 2. The summed E-state index contributed by atoms with van der Waals surface area (Å²) >= 11 is 12.4. The van der Waals surface area contributed by atoms with E-state index in [4.69, 9.17) is 37.7 Å². The van der Waals surface area contributed by atoms with Crippen LogP contribution in [0.3, 0.4) is 0 Å². The van der Waals surface area contributed by atoms with E-state index in [9.17, 15) is 18.0 Å². The molecule has 4 aromatic carbocycles. The molecular formula is C32H23Cl2F3N4O3. The fourth-order valence-corrected chi connectivity index (χ4v) is 5.60. The average Bonchev–Trinajstić information content (AvgIpc) is 3.00. The molecule has 0 saturated carbocycles. The highest BCUT2D eigenvalue weighted by molar-refractivity contribution is 6.32. The third kappa shape index (κ3) is 5.46. The van der Waals surface area contributed by atoms with Crippen molar-refractivity contribution < 1.29 is 27.4 Å². The number of methoxy groups -OCH3 is 2. The number of hydrogen-bond acceptors (Lipinski definition) is 6. The normalized spacial score (nSPS) is 11.8. The molecule has 224 valence electrons. The first-order chi connectivity index (χ1) is 21.1. The number of halogens is 5. The van der Waals surface area contributed by atoms with Gasteiger partial charge in [0.05, 0.1) is 47.7 Å². The van der Waals surface area contributed by atoms with Crippen LogP contribution in [-0.2, 0) is 4.79 Å². The summed E-state index contributed by atoms with van der Waals surface area (Å²) in [5.41, 5.74) is 2.59. The van der Waals surface area contributed by atoms with E-state index < -0.39 is 12.1 Å². The van der Waals surface area contributed by atoms with Crippen molar-refractivity contribution in [3.05, 3.63) is 82.8 Å². The van der Waals surface area contributed by atoms with Crippen molar-refractivity contribution in [1.29, 1.82) is 0 Å². The zero-order chi connectivity index (χ0) is 31.2. The number of alkyl halides is 3. The number of benzene rings is 4. The fourth-order valence-electron chi connectivity index (χ4n) is 5.27. The summed E-state index contributed by atoms with van der Waals surface area (Å²) in [5, 5.41) is 6.14. The van der Waals surface area contributed by atoms with Crippen LogP contribution in [0.1, 0.15) is 0 Å². The number of nitrogens with one attached hydrogen (secondary N) is 1. The molecule has 44 heavy (non-hydrogen) atoms. The second-order valence-corrected chi connectivity index (χ2v) is 10.8. The van der Waals surface area contributed by atoms with Crippen molar-refractivity contribution in [3.63, 3.8) is 0 Å². The van der Waals surface area contributed by atoms with Crippen molar-refractivity contribution >= 4 is 84.1 Å². The van der Waals surface area contributed by atoms with Crippen molar-refractivity contribution in [2.24, 2.45) is 0 Å². The minimum Gasteiger partial charge on any atom is -0.497 e. The van der Waals surface area contributed by atoms with Gasteiger partial charge in [0.25, 0.3) is 0 Å². The van der Waals surface area contributed by atoms with Gasteiger partial charge in [0, 0.05) is 44.7 Å². The maximum atomic E-state index is 14.2. The van der Waals surface area contributed by atoms with Crippen LogP contribution in [0.25, 0.3) is 43.6 Å². The summed E-state index contributed by atoms with van der Waals surface area (Å²) in [5.74, 6) is -1.05. The van der Waals surface area contributed by atoms with Gasteiger partial charge in [-0.15, -0.1) is 0 Å². The van der Waals surface area contributed by atoms with E-state index in [1.165, 1.54) is 14.2 Å². The van der Waals surface area contributed by atoms with Crippen LogP contribution in [0, 0.1) is 0 Å². The Morgan fingerprint density at radius 2 is 1.30 bits per heavy atom. The fraction of sp³-hybridized carbons (Fsp3) is 0.156. The van der Waals surface area contributed by atoms with Gasteiger partial charge in [-0.05, 0) is 72.8 Å². The van der Waals surface area contributed by atoms with E-state index in [1.807, 2.05) is 0 Å². The van der Waals surface area contributed by atoms with Gasteiger partial charge in [-0.2, -0.15) is 13.2 Å². The van der Waals surface area contributed by atoms with E-state index in [0.29, 0.717) is 70.8 Å². The molecule has 0 bridgehead atoms. The molecule has 0 fully saturated rings. The maximum absolute atomic E-state index is 14.2. The molecule has 0 aliphatic rings. The van der Waals surface area contributed by atoms with Crippen molar-refractivity contribution in [2.75, 3.05) is 37.5 Å². The Balaban J connectivity index is 1.49. The van der Waals surface area contributed by atoms with E-state index >= 15 is 0 Å². The highest BCUT2D eigenvalue weighted by Crippen LogP contribution is 2.39. The number of aromatic nitrogens is 2.